The zero-order valence-corrected chi connectivity index (χ0v) is 34.3. The summed E-state index contributed by atoms with van der Waals surface area (Å²) in [6, 6.07) is 9.39. The van der Waals surface area contributed by atoms with E-state index in [-0.39, 0.29) is 61.0 Å². The van der Waals surface area contributed by atoms with Crippen LogP contribution in [0.2, 0.25) is 0 Å². The lowest BCUT2D eigenvalue weighted by Gasteiger charge is -2.13. The largest absolute Gasteiger partial charge is 0.494 e. The summed E-state index contributed by atoms with van der Waals surface area (Å²) in [7, 11) is 1.45. The van der Waals surface area contributed by atoms with Crippen molar-refractivity contribution in [1.82, 2.24) is 38.7 Å². The van der Waals surface area contributed by atoms with E-state index in [1.807, 2.05) is 26.0 Å². The van der Waals surface area contributed by atoms with Crippen LogP contribution in [0.5, 0.6) is 11.5 Å². The molecule has 10 N–H and O–H groups in total. The first kappa shape index (κ1) is 42.6. The second kappa shape index (κ2) is 18.3. The normalized spacial score (nSPS) is 11.5. The molecule has 0 saturated carbocycles. The van der Waals surface area contributed by atoms with Gasteiger partial charge in [-0.25, -0.2) is 15.0 Å². The Hall–Kier alpha value is -7.97. The number of ether oxygens (including phenoxy) is 2. The van der Waals surface area contributed by atoms with Crippen molar-refractivity contribution in [2.75, 3.05) is 30.9 Å². The van der Waals surface area contributed by atoms with Crippen molar-refractivity contribution in [3.8, 4) is 11.5 Å². The maximum Gasteiger partial charge on any atom is 0.276 e. The van der Waals surface area contributed by atoms with E-state index in [0.717, 1.165) is 0 Å². The fourth-order valence-electron chi connectivity index (χ4n) is 6.62. The van der Waals surface area contributed by atoms with E-state index in [4.69, 9.17) is 37.4 Å². The van der Waals surface area contributed by atoms with E-state index in [2.05, 4.69) is 30.8 Å². The molecule has 0 radical (unpaired) electrons. The highest BCUT2D eigenvalue weighted by molar-refractivity contribution is 6.05. The number of aryl methyl sites for hydroxylation is 4. The molecule has 0 fully saturated rings. The van der Waals surface area contributed by atoms with E-state index < -0.39 is 23.6 Å². The van der Waals surface area contributed by atoms with E-state index in [0.29, 0.717) is 63.7 Å². The number of methoxy groups -OCH3 is 1. The minimum Gasteiger partial charge on any atom is -0.494 e. The third-order valence-corrected chi connectivity index (χ3v) is 9.35. The van der Waals surface area contributed by atoms with Gasteiger partial charge in [0.2, 0.25) is 23.7 Å². The lowest BCUT2D eigenvalue weighted by molar-refractivity contribution is 0.0991. The van der Waals surface area contributed by atoms with Crippen LogP contribution >= 0.6 is 0 Å². The molecule has 0 aliphatic rings. The number of aromatic nitrogens is 8. The number of nitrogens with one attached hydrogen (secondary N) is 2. The molecule has 0 saturated heterocycles. The van der Waals surface area contributed by atoms with Gasteiger partial charge in [0.05, 0.1) is 36.1 Å². The highest BCUT2D eigenvalue weighted by atomic mass is 16.5. The standard InChI is InChI=1S/C40H47N15O6/c1-6-54-28(16-22(3)50-54)36(58)48-39-46-26-18-24(34(41)56)20-30(60-5)32(26)52(39)13-9-10-14-53-33-27(47-40(53)49-37(59)29-17-23(4)51-55(29)7-2)19-25(35(42)57)21-31(33)61-15-11-8-12-45-38(43)44/h8-11,16-21H,6-7,12-15H2,1-5H3,(H2,41,56)(H2,42,57)(H4,43,44,45)(H,46,48,58)(H,47,49,59)/b10-9+,11-8+. The van der Waals surface area contributed by atoms with Crippen molar-refractivity contribution in [1.29, 1.82) is 0 Å². The molecular weight excluding hydrogens is 787 g/mol. The molecule has 0 spiro atoms. The highest BCUT2D eigenvalue weighted by Gasteiger charge is 2.23. The average Bonchev–Trinajstić information content (AvgIpc) is 3.99. The number of nitrogens with two attached hydrogens (primary N) is 4. The molecule has 4 heterocycles. The Morgan fingerprint density at radius 3 is 1.61 bits per heavy atom. The molecule has 318 valence electrons. The number of imidazole rings is 2. The molecule has 6 rings (SSSR count). The quantitative estimate of drug-likeness (QED) is 0.0414. The van der Waals surface area contributed by atoms with E-state index >= 15 is 0 Å². The Labute approximate surface area is 349 Å². The molecule has 21 heteroatoms. The first-order valence-electron chi connectivity index (χ1n) is 19.1. The zero-order valence-electron chi connectivity index (χ0n) is 34.3. The number of guanidine groups is 1. The van der Waals surface area contributed by atoms with Crippen molar-refractivity contribution in [3.05, 3.63) is 94.6 Å². The molecule has 0 aliphatic heterocycles. The van der Waals surface area contributed by atoms with Gasteiger partial charge in [-0.1, -0.05) is 18.2 Å². The van der Waals surface area contributed by atoms with E-state index in [1.165, 1.54) is 31.4 Å². The fourth-order valence-corrected chi connectivity index (χ4v) is 6.62. The SMILES string of the molecule is CCn1nc(C)cc1C(=O)Nc1nc2cc(C(N)=O)cc(OC)c2n1C/C=C/Cn1c(NC(=O)c2cc(C)nn2CC)nc2cc(C(N)=O)cc(OC/C=C/CN=C(N)N)c21. The highest BCUT2D eigenvalue weighted by Crippen LogP contribution is 2.33. The van der Waals surface area contributed by atoms with Gasteiger partial charge < -0.3 is 41.5 Å². The molecule has 61 heavy (non-hydrogen) atoms. The first-order chi connectivity index (χ1) is 29.2. The van der Waals surface area contributed by atoms with Gasteiger partial charge in [0, 0.05) is 37.3 Å². The Bertz CT molecular complexity index is 2750. The number of rotatable bonds is 18. The predicted octanol–water partition coefficient (Wildman–Crippen LogP) is 2.61. The monoisotopic (exact) mass is 833 g/mol. The van der Waals surface area contributed by atoms with Crippen molar-refractivity contribution < 1.29 is 28.7 Å². The smallest absolute Gasteiger partial charge is 0.276 e. The molecule has 0 unspecified atom stereocenters. The summed E-state index contributed by atoms with van der Waals surface area (Å²) in [4.78, 5) is 65.4. The summed E-state index contributed by atoms with van der Waals surface area (Å²) in [5, 5.41) is 14.6. The van der Waals surface area contributed by atoms with Gasteiger partial charge in [-0.15, -0.1) is 0 Å². The Morgan fingerprint density at radius 2 is 1.16 bits per heavy atom. The van der Waals surface area contributed by atoms with Crippen LogP contribution in [-0.2, 0) is 26.2 Å². The van der Waals surface area contributed by atoms with Crippen LogP contribution in [0, 0.1) is 13.8 Å². The van der Waals surface area contributed by atoms with Crippen molar-refractivity contribution >= 4 is 63.6 Å². The van der Waals surface area contributed by atoms with Crippen LogP contribution in [0.4, 0.5) is 11.9 Å². The second-order valence-electron chi connectivity index (χ2n) is 13.6. The van der Waals surface area contributed by atoms with Gasteiger partial charge in [-0.05, 0) is 70.2 Å². The number of hydrogen-bond acceptors (Lipinski definition) is 11. The number of primary amides is 2. The molecule has 4 amide bonds. The zero-order chi connectivity index (χ0) is 44.0. The average molecular weight is 834 g/mol. The Morgan fingerprint density at radius 1 is 0.689 bits per heavy atom. The molecule has 2 aromatic carbocycles. The van der Waals surface area contributed by atoms with Crippen LogP contribution in [0.3, 0.4) is 0 Å². The molecule has 6 aromatic rings. The van der Waals surface area contributed by atoms with Crippen LogP contribution < -0.4 is 43.0 Å². The molecule has 0 aliphatic carbocycles. The Balaban J connectivity index is 1.41. The van der Waals surface area contributed by atoms with Crippen molar-refractivity contribution in [2.45, 2.75) is 53.9 Å². The number of benzene rings is 2. The Kier molecular flexibility index (Phi) is 12.8. The number of anilines is 2. The van der Waals surface area contributed by atoms with Gasteiger partial charge >= 0.3 is 0 Å². The van der Waals surface area contributed by atoms with Gasteiger partial charge in [0.25, 0.3) is 11.8 Å². The number of carbonyl (C=O) groups excluding carboxylic acids is 4. The summed E-state index contributed by atoms with van der Waals surface area (Å²) in [6.45, 7) is 8.81. The third kappa shape index (κ3) is 9.35. The first-order valence-corrected chi connectivity index (χ1v) is 19.1. The van der Waals surface area contributed by atoms with Crippen LogP contribution in [0.25, 0.3) is 22.1 Å². The van der Waals surface area contributed by atoms with Gasteiger partial charge in [-0.3, -0.25) is 39.2 Å². The molecule has 0 atom stereocenters. The number of fused-ring (bicyclic) bond motifs is 2. The number of carbonyl (C=O) groups is 4. The number of hydrogen-bond donors (Lipinski definition) is 6. The van der Waals surface area contributed by atoms with Crippen molar-refractivity contribution in [2.24, 2.45) is 27.9 Å². The topological polar surface area (TPSA) is 299 Å². The lowest BCUT2D eigenvalue weighted by atomic mass is 10.1. The van der Waals surface area contributed by atoms with Crippen LogP contribution in [0.15, 0.2) is 65.7 Å². The van der Waals surface area contributed by atoms with E-state index in [1.54, 1.807) is 56.6 Å². The van der Waals surface area contributed by atoms with Gasteiger partial charge in [0.15, 0.2) is 5.96 Å². The predicted molar refractivity (Wildman–Crippen MR) is 229 cm³/mol. The summed E-state index contributed by atoms with van der Waals surface area (Å²) >= 11 is 0. The number of aliphatic imine (C=N–C) groups is 1. The molecule has 21 nitrogen and oxygen atoms in total. The summed E-state index contributed by atoms with van der Waals surface area (Å²) in [5.41, 5.74) is 26.1. The van der Waals surface area contributed by atoms with Crippen molar-refractivity contribution in [3.63, 3.8) is 0 Å². The summed E-state index contributed by atoms with van der Waals surface area (Å²) in [6.07, 6.45) is 7.04. The third-order valence-electron chi connectivity index (χ3n) is 9.35. The number of nitrogens with zero attached hydrogens (tertiary/aromatic N) is 9. The molecule has 4 aromatic heterocycles. The van der Waals surface area contributed by atoms with Gasteiger partial charge in [-0.2, -0.15) is 10.2 Å². The maximum atomic E-state index is 13.7. The van der Waals surface area contributed by atoms with Crippen LogP contribution in [0.1, 0.15) is 66.9 Å². The fraction of sp³-hybridized carbons (Fsp3) is 0.275. The molecule has 0 bridgehead atoms. The van der Waals surface area contributed by atoms with E-state index in [9.17, 15) is 19.2 Å². The lowest BCUT2D eigenvalue weighted by Crippen LogP contribution is -2.22. The minimum atomic E-state index is -0.708. The molecular formula is C40H47N15O6. The number of amides is 4. The summed E-state index contributed by atoms with van der Waals surface area (Å²) < 4.78 is 18.4. The summed E-state index contributed by atoms with van der Waals surface area (Å²) in [5.74, 6) is -1.49. The maximum absolute atomic E-state index is 13.7. The van der Waals surface area contributed by atoms with Gasteiger partial charge in [0.1, 0.15) is 40.5 Å². The minimum absolute atomic E-state index is 0.0566. The number of allylic oxidation sites excluding steroid dienone is 2. The second-order valence-corrected chi connectivity index (χ2v) is 13.6. The van der Waals surface area contributed by atoms with Crippen LogP contribution in [-0.4, -0.2) is 88.5 Å².